The Morgan fingerprint density at radius 2 is 2.28 bits per heavy atom. The van der Waals surface area contributed by atoms with Crippen molar-refractivity contribution in [3.05, 3.63) is 17.7 Å². The molecule has 0 bridgehead atoms. The zero-order chi connectivity index (χ0) is 12.7. The third-order valence-corrected chi connectivity index (χ3v) is 3.35. The SMILES string of the molecule is O=C(O)C1Cc2nc[nH]c2CN1C(=O)NC1CC1. The van der Waals surface area contributed by atoms with Crippen molar-refractivity contribution in [2.24, 2.45) is 0 Å². The van der Waals surface area contributed by atoms with Gasteiger partial charge in [-0.1, -0.05) is 0 Å². The van der Waals surface area contributed by atoms with Crippen molar-refractivity contribution in [3.8, 4) is 0 Å². The minimum Gasteiger partial charge on any atom is -0.480 e. The molecular weight excluding hydrogens is 236 g/mol. The summed E-state index contributed by atoms with van der Waals surface area (Å²) in [5.41, 5.74) is 1.55. The van der Waals surface area contributed by atoms with E-state index in [0.29, 0.717) is 0 Å². The lowest BCUT2D eigenvalue weighted by atomic mass is 10.0. The third-order valence-electron chi connectivity index (χ3n) is 3.35. The molecule has 1 fully saturated rings. The molecule has 18 heavy (non-hydrogen) atoms. The number of hydrogen-bond donors (Lipinski definition) is 3. The van der Waals surface area contributed by atoms with Crippen LogP contribution in [-0.2, 0) is 17.8 Å². The summed E-state index contributed by atoms with van der Waals surface area (Å²) in [5.74, 6) is -0.991. The molecule has 96 valence electrons. The van der Waals surface area contributed by atoms with E-state index in [1.807, 2.05) is 0 Å². The summed E-state index contributed by atoms with van der Waals surface area (Å²) in [6.45, 7) is 0.269. The summed E-state index contributed by atoms with van der Waals surface area (Å²) in [5, 5.41) is 12.0. The number of imidazole rings is 1. The first-order valence-corrected chi connectivity index (χ1v) is 5.96. The largest absolute Gasteiger partial charge is 0.480 e. The molecule has 1 aliphatic heterocycles. The molecule has 1 saturated carbocycles. The molecule has 0 radical (unpaired) electrons. The van der Waals surface area contributed by atoms with Crippen LogP contribution in [0.5, 0.6) is 0 Å². The summed E-state index contributed by atoms with van der Waals surface area (Å²) in [6.07, 6.45) is 3.75. The van der Waals surface area contributed by atoms with Crippen LogP contribution in [0.3, 0.4) is 0 Å². The first-order valence-electron chi connectivity index (χ1n) is 5.96. The molecule has 0 aromatic carbocycles. The fourth-order valence-electron chi connectivity index (χ4n) is 2.16. The van der Waals surface area contributed by atoms with E-state index in [2.05, 4.69) is 15.3 Å². The summed E-state index contributed by atoms with van der Waals surface area (Å²) in [7, 11) is 0. The van der Waals surface area contributed by atoms with E-state index in [-0.39, 0.29) is 25.0 Å². The number of carboxylic acid groups (broad SMARTS) is 1. The quantitative estimate of drug-likeness (QED) is 0.693. The highest BCUT2D eigenvalue weighted by molar-refractivity contribution is 5.83. The Hall–Kier alpha value is -2.05. The maximum Gasteiger partial charge on any atom is 0.326 e. The number of carbonyl (C=O) groups excluding carboxylic acids is 1. The van der Waals surface area contributed by atoms with Gasteiger partial charge in [0.2, 0.25) is 0 Å². The summed E-state index contributed by atoms with van der Waals surface area (Å²) >= 11 is 0. The second-order valence-corrected chi connectivity index (χ2v) is 4.74. The van der Waals surface area contributed by atoms with Gasteiger partial charge in [0.15, 0.2) is 0 Å². The number of aromatic nitrogens is 2. The fourth-order valence-corrected chi connectivity index (χ4v) is 2.16. The monoisotopic (exact) mass is 250 g/mol. The van der Waals surface area contributed by atoms with E-state index < -0.39 is 12.0 Å². The average Bonchev–Trinajstić information content (AvgIpc) is 3.03. The number of nitrogens with zero attached hydrogens (tertiary/aromatic N) is 2. The maximum absolute atomic E-state index is 12.0. The predicted molar refractivity (Wildman–Crippen MR) is 60.8 cm³/mol. The van der Waals surface area contributed by atoms with Crippen LogP contribution in [-0.4, -0.2) is 44.1 Å². The molecule has 7 heteroatoms. The topological polar surface area (TPSA) is 98.3 Å². The molecule has 1 aromatic rings. The molecule has 7 nitrogen and oxygen atoms in total. The Bertz CT molecular complexity index is 494. The first kappa shape index (κ1) is 11.1. The molecular formula is C11H14N4O3. The number of carbonyl (C=O) groups is 2. The molecule has 1 atom stereocenters. The van der Waals surface area contributed by atoms with E-state index >= 15 is 0 Å². The van der Waals surface area contributed by atoms with E-state index in [1.54, 1.807) is 0 Å². The number of amides is 2. The van der Waals surface area contributed by atoms with Crippen LogP contribution in [0.15, 0.2) is 6.33 Å². The van der Waals surface area contributed by atoms with Gasteiger partial charge in [-0.05, 0) is 12.8 Å². The number of urea groups is 1. The number of aliphatic carboxylic acids is 1. The van der Waals surface area contributed by atoms with Gasteiger partial charge < -0.3 is 20.3 Å². The van der Waals surface area contributed by atoms with Crippen molar-refractivity contribution in [3.63, 3.8) is 0 Å². The first-order chi connectivity index (χ1) is 8.65. The number of hydrogen-bond acceptors (Lipinski definition) is 3. The van der Waals surface area contributed by atoms with Gasteiger partial charge in [0.25, 0.3) is 0 Å². The Kier molecular flexibility index (Phi) is 2.46. The highest BCUT2D eigenvalue weighted by Gasteiger charge is 2.37. The zero-order valence-corrected chi connectivity index (χ0v) is 9.72. The lowest BCUT2D eigenvalue weighted by Gasteiger charge is -2.32. The maximum atomic E-state index is 12.0. The van der Waals surface area contributed by atoms with Crippen LogP contribution in [0.1, 0.15) is 24.2 Å². The van der Waals surface area contributed by atoms with Gasteiger partial charge in [-0.2, -0.15) is 0 Å². The molecule has 0 spiro atoms. The van der Waals surface area contributed by atoms with Crippen LogP contribution >= 0.6 is 0 Å². The van der Waals surface area contributed by atoms with E-state index in [9.17, 15) is 14.7 Å². The number of rotatable bonds is 2. The Morgan fingerprint density at radius 1 is 1.50 bits per heavy atom. The van der Waals surface area contributed by atoms with E-state index in [4.69, 9.17) is 0 Å². The molecule has 3 rings (SSSR count). The minimum absolute atomic E-state index is 0.218. The van der Waals surface area contributed by atoms with Crippen molar-refractivity contribution >= 4 is 12.0 Å². The molecule has 2 amide bonds. The highest BCUT2D eigenvalue weighted by Crippen LogP contribution is 2.23. The van der Waals surface area contributed by atoms with Gasteiger partial charge in [-0.3, -0.25) is 0 Å². The van der Waals surface area contributed by atoms with Crippen LogP contribution in [0, 0.1) is 0 Å². The number of nitrogens with one attached hydrogen (secondary N) is 2. The van der Waals surface area contributed by atoms with Crippen LogP contribution < -0.4 is 5.32 Å². The third kappa shape index (κ3) is 1.92. The summed E-state index contributed by atoms with van der Waals surface area (Å²) in [4.78, 5) is 31.6. The minimum atomic E-state index is -0.991. The van der Waals surface area contributed by atoms with Crippen molar-refractivity contribution < 1.29 is 14.7 Å². The Labute approximate surface area is 103 Å². The van der Waals surface area contributed by atoms with Gasteiger partial charge in [0, 0.05) is 12.5 Å². The van der Waals surface area contributed by atoms with Crippen LogP contribution in [0.4, 0.5) is 4.79 Å². The van der Waals surface area contributed by atoms with Gasteiger partial charge >= 0.3 is 12.0 Å². The predicted octanol–water partition coefficient (Wildman–Crippen LogP) is 0.0930. The van der Waals surface area contributed by atoms with Crippen molar-refractivity contribution in [2.75, 3.05) is 0 Å². The molecule has 2 aliphatic rings. The number of fused-ring (bicyclic) bond motifs is 1. The van der Waals surface area contributed by atoms with Gasteiger partial charge in [-0.25, -0.2) is 14.6 Å². The summed E-state index contributed by atoms with van der Waals surface area (Å²) < 4.78 is 0. The Balaban J connectivity index is 1.81. The lowest BCUT2D eigenvalue weighted by molar-refractivity contribution is -0.142. The number of H-pyrrole nitrogens is 1. The van der Waals surface area contributed by atoms with Crippen molar-refractivity contribution in [1.29, 1.82) is 0 Å². The number of aromatic amines is 1. The standard InChI is InChI=1S/C11H14N4O3/c16-10(17)9-3-7-8(13-5-12-7)4-15(9)11(18)14-6-1-2-6/h5-6,9H,1-4H2,(H,12,13)(H,14,18)(H,16,17). The smallest absolute Gasteiger partial charge is 0.326 e. The molecule has 1 aromatic heterocycles. The Morgan fingerprint density at radius 3 is 2.94 bits per heavy atom. The van der Waals surface area contributed by atoms with Gasteiger partial charge in [0.05, 0.1) is 24.3 Å². The molecule has 3 N–H and O–H groups in total. The normalized spacial score (nSPS) is 22.4. The average molecular weight is 250 g/mol. The van der Waals surface area contributed by atoms with E-state index in [1.165, 1.54) is 11.2 Å². The molecule has 1 unspecified atom stereocenters. The second-order valence-electron chi connectivity index (χ2n) is 4.74. The molecule has 0 saturated heterocycles. The second kappa shape index (κ2) is 4.01. The summed E-state index contributed by atoms with van der Waals surface area (Å²) in [6, 6.07) is -0.917. The highest BCUT2D eigenvalue weighted by atomic mass is 16.4. The molecule has 1 aliphatic carbocycles. The number of carboxylic acids is 1. The van der Waals surface area contributed by atoms with Crippen LogP contribution in [0.2, 0.25) is 0 Å². The van der Waals surface area contributed by atoms with Gasteiger partial charge in [0.1, 0.15) is 6.04 Å². The molecule has 2 heterocycles. The fraction of sp³-hybridized carbons (Fsp3) is 0.545. The zero-order valence-electron chi connectivity index (χ0n) is 9.72. The van der Waals surface area contributed by atoms with Crippen molar-refractivity contribution in [2.45, 2.75) is 37.9 Å². The van der Waals surface area contributed by atoms with E-state index in [0.717, 1.165) is 24.2 Å². The van der Waals surface area contributed by atoms with Gasteiger partial charge in [-0.15, -0.1) is 0 Å². The van der Waals surface area contributed by atoms with Crippen molar-refractivity contribution in [1.82, 2.24) is 20.2 Å². The lowest BCUT2D eigenvalue weighted by Crippen LogP contribution is -2.52. The van der Waals surface area contributed by atoms with Crippen LogP contribution in [0.25, 0.3) is 0 Å².